The molecule has 1 aliphatic rings. The van der Waals surface area contributed by atoms with Gasteiger partial charge < -0.3 is 10.6 Å². The highest BCUT2D eigenvalue weighted by Gasteiger charge is 2.31. The van der Waals surface area contributed by atoms with Gasteiger partial charge in [0.1, 0.15) is 0 Å². The SMILES string of the molecule is NC1CCN(c2ncc(C(F)(F)F)cn2)CC1. The molecule has 2 heterocycles. The third-order valence-electron chi connectivity index (χ3n) is 2.79. The van der Waals surface area contributed by atoms with Crippen molar-refractivity contribution in [1.82, 2.24) is 9.97 Å². The lowest BCUT2D eigenvalue weighted by molar-refractivity contribution is -0.138. The Labute approximate surface area is 96.7 Å². The van der Waals surface area contributed by atoms with Crippen LogP contribution < -0.4 is 10.6 Å². The first-order valence-corrected chi connectivity index (χ1v) is 5.36. The number of nitrogens with two attached hydrogens (primary N) is 1. The second-order valence-corrected chi connectivity index (χ2v) is 4.09. The molecule has 1 aromatic rings. The predicted molar refractivity (Wildman–Crippen MR) is 56.5 cm³/mol. The zero-order chi connectivity index (χ0) is 12.5. The van der Waals surface area contributed by atoms with Crippen LogP contribution >= 0.6 is 0 Å². The monoisotopic (exact) mass is 246 g/mol. The standard InChI is InChI=1S/C10H13F3N4/c11-10(12,13)7-5-15-9(16-6-7)17-3-1-8(14)2-4-17/h5-6,8H,1-4,14H2. The summed E-state index contributed by atoms with van der Waals surface area (Å²) in [6.07, 6.45) is -1.13. The van der Waals surface area contributed by atoms with Gasteiger partial charge in [-0.25, -0.2) is 9.97 Å². The number of halogens is 3. The van der Waals surface area contributed by atoms with E-state index in [2.05, 4.69) is 9.97 Å². The Morgan fingerprint density at radius 3 is 2.18 bits per heavy atom. The molecule has 0 spiro atoms. The highest BCUT2D eigenvalue weighted by molar-refractivity contribution is 5.31. The van der Waals surface area contributed by atoms with Gasteiger partial charge in [0.25, 0.3) is 0 Å². The summed E-state index contributed by atoms with van der Waals surface area (Å²) in [4.78, 5) is 9.35. The number of aromatic nitrogens is 2. The van der Waals surface area contributed by atoms with E-state index < -0.39 is 11.7 Å². The van der Waals surface area contributed by atoms with E-state index in [0.29, 0.717) is 19.0 Å². The first kappa shape index (κ1) is 12.1. The van der Waals surface area contributed by atoms with Crippen LogP contribution in [0, 0.1) is 0 Å². The Bertz CT molecular complexity index is 368. The van der Waals surface area contributed by atoms with Crippen molar-refractivity contribution < 1.29 is 13.2 Å². The molecule has 1 aliphatic heterocycles. The fraction of sp³-hybridized carbons (Fsp3) is 0.600. The first-order chi connectivity index (χ1) is 7.97. The third kappa shape index (κ3) is 2.85. The number of piperidine rings is 1. The van der Waals surface area contributed by atoms with Crippen molar-refractivity contribution in [2.75, 3.05) is 18.0 Å². The number of nitrogens with zero attached hydrogens (tertiary/aromatic N) is 3. The Hall–Kier alpha value is -1.37. The minimum absolute atomic E-state index is 0.167. The molecule has 1 fully saturated rings. The first-order valence-electron chi connectivity index (χ1n) is 5.36. The number of alkyl halides is 3. The van der Waals surface area contributed by atoms with E-state index in [4.69, 9.17) is 5.73 Å². The average Bonchev–Trinajstić information content (AvgIpc) is 2.29. The predicted octanol–water partition coefficient (Wildman–Crippen LogP) is 1.42. The minimum atomic E-state index is -4.39. The van der Waals surface area contributed by atoms with Crippen molar-refractivity contribution in [2.24, 2.45) is 5.73 Å². The van der Waals surface area contributed by atoms with Crippen LogP contribution in [0.25, 0.3) is 0 Å². The molecule has 0 radical (unpaired) electrons. The lowest BCUT2D eigenvalue weighted by Gasteiger charge is -2.30. The number of hydrogen-bond donors (Lipinski definition) is 1. The zero-order valence-corrected chi connectivity index (χ0v) is 9.11. The minimum Gasteiger partial charge on any atom is -0.341 e. The van der Waals surface area contributed by atoms with E-state index in [9.17, 15) is 13.2 Å². The lowest BCUT2D eigenvalue weighted by Crippen LogP contribution is -2.40. The molecule has 0 aliphatic carbocycles. The molecule has 94 valence electrons. The van der Waals surface area contributed by atoms with Gasteiger partial charge in [0, 0.05) is 31.5 Å². The maximum atomic E-state index is 12.3. The summed E-state index contributed by atoms with van der Waals surface area (Å²) in [5.74, 6) is 0.338. The molecule has 7 heteroatoms. The summed E-state index contributed by atoms with van der Waals surface area (Å²) in [6.45, 7) is 1.37. The molecule has 1 saturated heterocycles. The van der Waals surface area contributed by atoms with Crippen LogP contribution in [0.15, 0.2) is 12.4 Å². The topological polar surface area (TPSA) is 55.0 Å². The molecule has 0 bridgehead atoms. The van der Waals surface area contributed by atoms with Crippen LogP contribution in [-0.2, 0) is 6.18 Å². The van der Waals surface area contributed by atoms with Crippen LogP contribution in [0.3, 0.4) is 0 Å². The number of anilines is 1. The fourth-order valence-corrected chi connectivity index (χ4v) is 1.73. The van der Waals surface area contributed by atoms with Gasteiger partial charge in [-0.1, -0.05) is 0 Å². The fourth-order valence-electron chi connectivity index (χ4n) is 1.73. The zero-order valence-electron chi connectivity index (χ0n) is 9.11. The largest absolute Gasteiger partial charge is 0.419 e. The molecule has 0 atom stereocenters. The smallest absolute Gasteiger partial charge is 0.341 e. The number of hydrogen-bond acceptors (Lipinski definition) is 4. The van der Waals surface area contributed by atoms with Crippen molar-refractivity contribution in [3.8, 4) is 0 Å². The van der Waals surface area contributed by atoms with Gasteiger partial charge >= 0.3 is 6.18 Å². The molecular weight excluding hydrogens is 233 g/mol. The maximum Gasteiger partial charge on any atom is 0.419 e. The van der Waals surface area contributed by atoms with Gasteiger partial charge in [0.2, 0.25) is 5.95 Å². The maximum absolute atomic E-state index is 12.3. The molecule has 0 unspecified atom stereocenters. The van der Waals surface area contributed by atoms with Gasteiger partial charge in [-0.3, -0.25) is 0 Å². The molecule has 0 aromatic carbocycles. The Kier molecular flexibility index (Phi) is 3.19. The summed E-state index contributed by atoms with van der Waals surface area (Å²) in [5, 5.41) is 0. The van der Waals surface area contributed by atoms with E-state index in [0.717, 1.165) is 25.2 Å². The second kappa shape index (κ2) is 4.48. The van der Waals surface area contributed by atoms with Gasteiger partial charge in [0.05, 0.1) is 5.56 Å². The average molecular weight is 246 g/mol. The van der Waals surface area contributed by atoms with E-state index in [1.165, 1.54) is 0 Å². The lowest BCUT2D eigenvalue weighted by atomic mass is 10.1. The quantitative estimate of drug-likeness (QED) is 0.814. The van der Waals surface area contributed by atoms with Crippen LogP contribution in [0.4, 0.5) is 19.1 Å². The molecule has 0 saturated carbocycles. The van der Waals surface area contributed by atoms with Crippen molar-refractivity contribution in [3.63, 3.8) is 0 Å². The van der Waals surface area contributed by atoms with Crippen molar-refractivity contribution >= 4 is 5.95 Å². The Morgan fingerprint density at radius 2 is 1.71 bits per heavy atom. The molecular formula is C10H13F3N4. The summed E-state index contributed by atoms with van der Waals surface area (Å²) < 4.78 is 36.9. The highest BCUT2D eigenvalue weighted by Crippen LogP contribution is 2.28. The van der Waals surface area contributed by atoms with Gasteiger partial charge in [-0.05, 0) is 12.8 Å². The molecule has 4 nitrogen and oxygen atoms in total. The Balaban J connectivity index is 2.08. The van der Waals surface area contributed by atoms with E-state index >= 15 is 0 Å². The van der Waals surface area contributed by atoms with Crippen LogP contribution in [0.2, 0.25) is 0 Å². The van der Waals surface area contributed by atoms with E-state index in [1.807, 2.05) is 4.90 Å². The van der Waals surface area contributed by atoms with Crippen LogP contribution in [0.1, 0.15) is 18.4 Å². The van der Waals surface area contributed by atoms with Crippen molar-refractivity contribution in [3.05, 3.63) is 18.0 Å². The third-order valence-corrected chi connectivity index (χ3v) is 2.79. The molecule has 17 heavy (non-hydrogen) atoms. The van der Waals surface area contributed by atoms with Crippen molar-refractivity contribution in [1.29, 1.82) is 0 Å². The van der Waals surface area contributed by atoms with Gasteiger partial charge in [-0.15, -0.1) is 0 Å². The highest BCUT2D eigenvalue weighted by atomic mass is 19.4. The summed E-state index contributed by atoms with van der Waals surface area (Å²) >= 11 is 0. The molecule has 2 N–H and O–H groups in total. The molecule has 2 rings (SSSR count). The number of rotatable bonds is 1. The molecule has 0 amide bonds. The van der Waals surface area contributed by atoms with Gasteiger partial charge in [-0.2, -0.15) is 13.2 Å². The van der Waals surface area contributed by atoms with E-state index in [-0.39, 0.29) is 6.04 Å². The molecule has 1 aromatic heterocycles. The van der Waals surface area contributed by atoms with Gasteiger partial charge in [0.15, 0.2) is 0 Å². The van der Waals surface area contributed by atoms with Crippen LogP contribution in [-0.4, -0.2) is 29.1 Å². The van der Waals surface area contributed by atoms with Crippen molar-refractivity contribution in [2.45, 2.75) is 25.1 Å². The Morgan fingerprint density at radius 1 is 1.18 bits per heavy atom. The summed E-state index contributed by atoms with van der Waals surface area (Å²) in [6, 6.07) is 0.167. The summed E-state index contributed by atoms with van der Waals surface area (Å²) in [7, 11) is 0. The van der Waals surface area contributed by atoms with Crippen LogP contribution in [0.5, 0.6) is 0 Å². The normalized spacial score (nSPS) is 18.5. The second-order valence-electron chi connectivity index (χ2n) is 4.09. The summed E-state index contributed by atoms with van der Waals surface area (Å²) in [5.41, 5.74) is 4.92. The van der Waals surface area contributed by atoms with E-state index in [1.54, 1.807) is 0 Å².